The van der Waals surface area contributed by atoms with Crippen LogP contribution in [0.5, 0.6) is 0 Å². The van der Waals surface area contributed by atoms with Gasteiger partial charge in [-0.25, -0.2) is 10.2 Å². The second kappa shape index (κ2) is 4.59. The van der Waals surface area contributed by atoms with E-state index in [2.05, 4.69) is 10.4 Å². The molecule has 0 spiro atoms. The van der Waals surface area contributed by atoms with Gasteiger partial charge in [0, 0.05) is 11.2 Å². The molecule has 0 atom stereocenters. The standard InChI is InChI=1S/C11H12FN3S/c1-2-14-11(15-13)10-5-7-3-4-8(12)6-9(7)16-10/h3-6H,2,13H2,1H3,(H,14,15). The molecule has 0 aliphatic carbocycles. The minimum absolute atomic E-state index is 0.226. The van der Waals surface area contributed by atoms with Crippen LogP contribution in [0, 0.1) is 5.82 Å². The largest absolute Gasteiger partial charge is 0.308 e. The average Bonchev–Trinajstić information content (AvgIpc) is 2.68. The number of aliphatic imine (C=N–C) groups is 1. The summed E-state index contributed by atoms with van der Waals surface area (Å²) in [5.74, 6) is 5.81. The second-order valence-electron chi connectivity index (χ2n) is 3.26. The number of rotatable bonds is 2. The van der Waals surface area contributed by atoms with Crippen molar-refractivity contribution in [3.8, 4) is 0 Å². The number of benzene rings is 1. The van der Waals surface area contributed by atoms with E-state index in [1.165, 1.54) is 23.5 Å². The lowest BCUT2D eigenvalue weighted by atomic mass is 10.2. The van der Waals surface area contributed by atoms with Crippen LogP contribution in [0.25, 0.3) is 10.1 Å². The van der Waals surface area contributed by atoms with E-state index in [4.69, 9.17) is 5.84 Å². The van der Waals surface area contributed by atoms with Gasteiger partial charge in [-0.05, 0) is 30.5 Å². The summed E-state index contributed by atoms with van der Waals surface area (Å²) in [6, 6.07) is 6.67. The molecule has 1 heterocycles. The number of halogens is 1. The van der Waals surface area contributed by atoms with Crippen molar-refractivity contribution in [3.63, 3.8) is 0 Å². The van der Waals surface area contributed by atoms with E-state index in [0.717, 1.165) is 15.0 Å². The van der Waals surface area contributed by atoms with Gasteiger partial charge >= 0.3 is 0 Å². The Labute approximate surface area is 96.8 Å². The second-order valence-corrected chi connectivity index (χ2v) is 4.34. The average molecular weight is 237 g/mol. The lowest BCUT2D eigenvalue weighted by Crippen LogP contribution is -2.30. The summed E-state index contributed by atoms with van der Waals surface area (Å²) in [6.45, 7) is 2.59. The van der Waals surface area contributed by atoms with Gasteiger partial charge in [-0.15, -0.1) is 11.3 Å². The van der Waals surface area contributed by atoms with Crippen molar-refractivity contribution < 1.29 is 4.39 Å². The highest BCUT2D eigenvalue weighted by Gasteiger charge is 2.07. The maximum atomic E-state index is 13.0. The van der Waals surface area contributed by atoms with E-state index in [9.17, 15) is 4.39 Å². The molecule has 1 aromatic heterocycles. The van der Waals surface area contributed by atoms with Gasteiger partial charge in [0.2, 0.25) is 0 Å². The molecule has 0 aliphatic heterocycles. The van der Waals surface area contributed by atoms with Crippen LogP contribution in [0.1, 0.15) is 11.8 Å². The summed E-state index contributed by atoms with van der Waals surface area (Å²) in [5, 5.41) is 1.00. The van der Waals surface area contributed by atoms with Crippen LogP contribution in [0.2, 0.25) is 0 Å². The van der Waals surface area contributed by atoms with E-state index in [1.807, 2.05) is 13.0 Å². The van der Waals surface area contributed by atoms with Crippen molar-refractivity contribution in [2.24, 2.45) is 10.8 Å². The molecule has 3 nitrogen and oxygen atoms in total. The first-order valence-corrected chi connectivity index (χ1v) is 5.76. The van der Waals surface area contributed by atoms with E-state index < -0.39 is 0 Å². The van der Waals surface area contributed by atoms with E-state index >= 15 is 0 Å². The maximum Gasteiger partial charge on any atom is 0.152 e. The zero-order valence-corrected chi connectivity index (χ0v) is 9.64. The molecule has 0 aliphatic rings. The first-order valence-electron chi connectivity index (χ1n) is 4.95. The van der Waals surface area contributed by atoms with Gasteiger partial charge in [-0.1, -0.05) is 6.07 Å². The Hall–Kier alpha value is -1.46. The van der Waals surface area contributed by atoms with Crippen LogP contribution < -0.4 is 11.3 Å². The highest BCUT2D eigenvalue weighted by atomic mass is 32.1. The summed E-state index contributed by atoms with van der Waals surface area (Å²) in [4.78, 5) is 5.15. The van der Waals surface area contributed by atoms with Crippen LogP contribution in [0.4, 0.5) is 4.39 Å². The Balaban J connectivity index is 2.50. The normalized spacial score (nSPS) is 12.1. The summed E-state index contributed by atoms with van der Waals surface area (Å²) < 4.78 is 13.9. The number of hydrazine groups is 1. The first-order chi connectivity index (χ1) is 7.74. The van der Waals surface area contributed by atoms with Gasteiger partial charge < -0.3 is 5.43 Å². The molecule has 0 radical (unpaired) electrons. The number of amidine groups is 1. The van der Waals surface area contributed by atoms with Crippen LogP contribution in [0.3, 0.4) is 0 Å². The highest BCUT2D eigenvalue weighted by Crippen LogP contribution is 2.26. The SMILES string of the molecule is CCN=C(NN)c1cc2ccc(F)cc2s1. The predicted molar refractivity (Wildman–Crippen MR) is 66.2 cm³/mol. The zero-order valence-electron chi connectivity index (χ0n) is 8.83. The highest BCUT2D eigenvalue weighted by molar-refractivity contribution is 7.20. The Morgan fingerprint density at radius 2 is 2.31 bits per heavy atom. The fourth-order valence-electron chi connectivity index (χ4n) is 1.47. The number of thiophene rings is 1. The summed E-state index contributed by atoms with van der Waals surface area (Å²) in [5.41, 5.74) is 2.56. The van der Waals surface area contributed by atoms with Crippen molar-refractivity contribution in [1.29, 1.82) is 0 Å². The number of nitrogens with two attached hydrogens (primary N) is 1. The molecular formula is C11H12FN3S. The molecule has 0 unspecified atom stereocenters. The first kappa shape index (κ1) is 11.0. The molecule has 2 rings (SSSR count). The number of fused-ring (bicyclic) bond motifs is 1. The lowest BCUT2D eigenvalue weighted by molar-refractivity contribution is 0.630. The third kappa shape index (κ3) is 2.05. The van der Waals surface area contributed by atoms with Gasteiger partial charge in [0.05, 0.1) is 4.88 Å². The maximum absolute atomic E-state index is 13.0. The van der Waals surface area contributed by atoms with Crippen LogP contribution in [-0.2, 0) is 0 Å². The molecule has 0 saturated carbocycles. The minimum atomic E-state index is -0.226. The number of nitrogens with one attached hydrogen (secondary N) is 1. The van der Waals surface area contributed by atoms with Gasteiger partial charge in [0.25, 0.3) is 0 Å². The molecule has 0 bridgehead atoms. The molecule has 84 valence electrons. The molecule has 3 N–H and O–H groups in total. The van der Waals surface area contributed by atoms with Gasteiger partial charge in [0.1, 0.15) is 5.82 Å². The molecular weight excluding hydrogens is 225 g/mol. The number of hydrogen-bond donors (Lipinski definition) is 2. The third-order valence-corrected chi connectivity index (χ3v) is 3.27. The van der Waals surface area contributed by atoms with Crippen molar-refractivity contribution >= 4 is 27.3 Å². The van der Waals surface area contributed by atoms with E-state index in [0.29, 0.717) is 12.4 Å². The van der Waals surface area contributed by atoms with Crippen molar-refractivity contribution in [2.75, 3.05) is 6.54 Å². The Kier molecular flexibility index (Phi) is 3.17. The quantitative estimate of drug-likeness (QED) is 0.364. The molecule has 2 aromatic rings. The van der Waals surface area contributed by atoms with E-state index in [1.54, 1.807) is 6.07 Å². The van der Waals surface area contributed by atoms with Crippen molar-refractivity contribution in [3.05, 3.63) is 35.0 Å². The smallest absolute Gasteiger partial charge is 0.152 e. The van der Waals surface area contributed by atoms with Crippen LogP contribution >= 0.6 is 11.3 Å². The van der Waals surface area contributed by atoms with E-state index in [-0.39, 0.29) is 5.82 Å². The van der Waals surface area contributed by atoms with Gasteiger partial charge in [0.15, 0.2) is 5.84 Å². The zero-order chi connectivity index (χ0) is 11.5. The van der Waals surface area contributed by atoms with Crippen molar-refractivity contribution in [2.45, 2.75) is 6.92 Å². The number of nitrogens with zero attached hydrogens (tertiary/aromatic N) is 1. The summed E-state index contributed by atoms with van der Waals surface area (Å²) >= 11 is 1.47. The van der Waals surface area contributed by atoms with Crippen LogP contribution in [-0.4, -0.2) is 12.4 Å². The lowest BCUT2D eigenvalue weighted by Gasteiger charge is -2.00. The summed E-state index contributed by atoms with van der Waals surface area (Å²) in [6.07, 6.45) is 0. The number of hydrogen-bond acceptors (Lipinski definition) is 3. The van der Waals surface area contributed by atoms with Crippen molar-refractivity contribution in [1.82, 2.24) is 5.43 Å². The molecule has 5 heteroatoms. The van der Waals surface area contributed by atoms with Gasteiger partial charge in [-0.2, -0.15) is 0 Å². The minimum Gasteiger partial charge on any atom is -0.308 e. The molecule has 0 fully saturated rings. The molecule has 0 saturated heterocycles. The fraction of sp³-hybridized carbons (Fsp3) is 0.182. The predicted octanol–water partition coefficient (Wildman–Crippen LogP) is 2.27. The van der Waals surface area contributed by atoms with Gasteiger partial charge in [-0.3, -0.25) is 4.99 Å². The fourth-order valence-corrected chi connectivity index (χ4v) is 2.53. The monoisotopic (exact) mass is 237 g/mol. The molecule has 16 heavy (non-hydrogen) atoms. The topological polar surface area (TPSA) is 50.4 Å². The molecule has 1 aromatic carbocycles. The third-order valence-electron chi connectivity index (χ3n) is 2.17. The Morgan fingerprint density at radius 1 is 1.50 bits per heavy atom. The Bertz CT molecular complexity index is 533. The van der Waals surface area contributed by atoms with Crippen LogP contribution in [0.15, 0.2) is 29.3 Å². The summed E-state index contributed by atoms with van der Waals surface area (Å²) in [7, 11) is 0. The molecule has 0 amide bonds. The Morgan fingerprint density at radius 3 is 3.00 bits per heavy atom.